The molecule has 0 amide bonds. The van der Waals surface area contributed by atoms with E-state index in [1.165, 1.54) is 6.07 Å². The van der Waals surface area contributed by atoms with Crippen LogP contribution in [0.4, 0.5) is 0 Å². The second-order valence-corrected chi connectivity index (χ2v) is 2.90. The zero-order valence-electron chi connectivity index (χ0n) is 7.20. The summed E-state index contributed by atoms with van der Waals surface area (Å²) in [6.45, 7) is 2.38. The molecule has 0 unspecified atom stereocenters. The van der Waals surface area contributed by atoms with Crippen LogP contribution in [-0.2, 0) is 0 Å². The highest BCUT2D eigenvalue weighted by Gasteiger charge is 2.12. The van der Waals surface area contributed by atoms with Crippen LogP contribution in [0.3, 0.4) is 0 Å². The first-order chi connectivity index (χ1) is 6.15. The second kappa shape index (κ2) is 4.51. The molecule has 1 aromatic carbocycles. The molecule has 0 spiro atoms. The van der Waals surface area contributed by atoms with Gasteiger partial charge in [0.05, 0.1) is 11.6 Å². The molecule has 1 aromatic rings. The molecule has 2 N–H and O–H groups in total. The van der Waals surface area contributed by atoms with Crippen LogP contribution in [0, 0.1) is 0 Å². The maximum Gasteiger partial charge on any atom is 0.488 e. The Hall–Kier alpha value is -0.705. The summed E-state index contributed by atoms with van der Waals surface area (Å²) in [5.74, 6) is 0.550. The number of rotatable bonds is 3. The van der Waals surface area contributed by atoms with Gasteiger partial charge in [0.25, 0.3) is 0 Å². The molecule has 0 aliphatic rings. The molecule has 0 atom stereocenters. The minimum Gasteiger partial charge on any atom is -0.492 e. The van der Waals surface area contributed by atoms with Gasteiger partial charge in [-0.05, 0) is 24.5 Å². The maximum absolute atomic E-state index is 8.83. The van der Waals surface area contributed by atoms with Gasteiger partial charge in [-0.15, -0.1) is 0 Å². The van der Waals surface area contributed by atoms with Crippen LogP contribution in [0.15, 0.2) is 18.2 Å². The van der Waals surface area contributed by atoms with Gasteiger partial charge in [-0.2, -0.15) is 0 Å². The zero-order valence-corrected chi connectivity index (χ0v) is 7.95. The Balaban J connectivity index is 2.92. The van der Waals surface area contributed by atoms with Crippen molar-refractivity contribution >= 4 is 24.2 Å². The van der Waals surface area contributed by atoms with E-state index in [0.29, 0.717) is 22.8 Å². The molecule has 0 heterocycles. The molecule has 0 fully saturated rings. The Morgan fingerprint density at radius 2 is 2.15 bits per heavy atom. The minimum absolute atomic E-state index is 0.355. The van der Waals surface area contributed by atoms with Crippen molar-refractivity contribution in [3.63, 3.8) is 0 Å². The van der Waals surface area contributed by atoms with Gasteiger partial charge in [-0.1, -0.05) is 17.7 Å². The summed E-state index contributed by atoms with van der Waals surface area (Å²) in [6, 6.07) is 4.64. The number of ether oxygens (including phenoxy) is 1. The third-order valence-corrected chi connectivity index (χ3v) is 1.85. The van der Waals surface area contributed by atoms with Crippen molar-refractivity contribution in [2.24, 2.45) is 0 Å². The van der Waals surface area contributed by atoms with Crippen molar-refractivity contribution in [2.45, 2.75) is 6.92 Å². The number of hydrogen-bond acceptors (Lipinski definition) is 3. The fraction of sp³-hybridized carbons (Fsp3) is 0.250. The normalized spacial score (nSPS) is 9.85. The Morgan fingerprint density at radius 3 is 2.62 bits per heavy atom. The average Bonchev–Trinajstić information content (AvgIpc) is 2.08. The van der Waals surface area contributed by atoms with Gasteiger partial charge < -0.3 is 14.8 Å². The van der Waals surface area contributed by atoms with Crippen LogP contribution in [-0.4, -0.2) is 23.8 Å². The number of hydrogen-bond donors (Lipinski definition) is 2. The van der Waals surface area contributed by atoms with Gasteiger partial charge in [-0.3, -0.25) is 0 Å². The first-order valence-electron chi connectivity index (χ1n) is 3.93. The summed E-state index contributed by atoms with van der Waals surface area (Å²) >= 11 is 5.81. The molecule has 0 radical (unpaired) electrons. The Kier molecular flexibility index (Phi) is 3.60. The Morgan fingerprint density at radius 1 is 1.46 bits per heavy atom. The molecule has 3 nitrogen and oxygen atoms in total. The summed E-state index contributed by atoms with van der Waals surface area (Å²) in [7, 11) is -1.49. The molecule has 0 saturated heterocycles. The quantitative estimate of drug-likeness (QED) is 0.695. The fourth-order valence-electron chi connectivity index (χ4n) is 0.950. The minimum atomic E-state index is -1.49. The lowest BCUT2D eigenvalue weighted by atomic mass is 9.80. The highest BCUT2D eigenvalue weighted by Crippen LogP contribution is 2.22. The Labute approximate surface area is 82.1 Å². The van der Waals surface area contributed by atoms with E-state index in [2.05, 4.69) is 0 Å². The monoisotopic (exact) mass is 200 g/mol. The maximum atomic E-state index is 8.83. The van der Waals surface area contributed by atoms with E-state index >= 15 is 0 Å². The van der Waals surface area contributed by atoms with E-state index in [1.807, 2.05) is 6.92 Å². The summed E-state index contributed by atoms with van der Waals surface area (Å²) in [6.07, 6.45) is 0. The highest BCUT2D eigenvalue weighted by atomic mass is 35.5. The molecule has 5 heteroatoms. The van der Waals surface area contributed by atoms with Crippen molar-refractivity contribution in [1.82, 2.24) is 0 Å². The number of halogens is 1. The number of benzene rings is 1. The van der Waals surface area contributed by atoms with Gasteiger partial charge in [0, 0.05) is 0 Å². The molecule has 13 heavy (non-hydrogen) atoms. The predicted octanol–water partition coefficient (Wildman–Crippen LogP) is 0.418. The van der Waals surface area contributed by atoms with Gasteiger partial charge in [0.2, 0.25) is 0 Å². The van der Waals surface area contributed by atoms with Crippen LogP contribution < -0.4 is 10.2 Å². The van der Waals surface area contributed by atoms with Crippen LogP contribution >= 0.6 is 11.6 Å². The molecule has 0 aromatic heterocycles. The van der Waals surface area contributed by atoms with E-state index < -0.39 is 7.12 Å². The van der Waals surface area contributed by atoms with Crippen molar-refractivity contribution in [3.05, 3.63) is 23.2 Å². The van der Waals surface area contributed by atoms with Crippen LogP contribution in [0.2, 0.25) is 5.02 Å². The van der Waals surface area contributed by atoms with Crippen LogP contribution in [0.1, 0.15) is 6.92 Å². The average molecular weight is 200 g/mol. The predicted molar refractivity (Wildman–Crippen MR) is 52.4 cm³/mol. The van der Waals surface area contributed by atoms with Crippen LogP contribution in [0.25, 0.3) is 0 Å². The summed E-state index contributed by atoms with van der Waals surface area (Å²) in [5.41, 5.74) is 0.355. The lowest BCUT2D eigenvalue weighted by Crippen LogP contribution is -2.29. The second-order valence-electron chi connectivity index (χ2n) is 2.50. The van der Waals surface area contributed by atoms with Gasteiger partial charge >= 0.3 is 7.12 Å². The van der Waals surface area contributed by atoms with E-state index in [9.17, 15) is 0 Å². The smallest absolute Gasteiger partial charge is 0.488 e. The third-order valence-electron chi connectivity index (χ3n) is 1.55. The molecule has 1 rings (SSSR count). The molecule has 0 saturated carbocycles. The molecule has 0 bridgehead atoms. The van der Waals surface area contributed by atoms with E-state index in [4.69, 9.17) is 26.4 Å². The SMILES string of the molecule is CCOc1ccc(B(O)O)cc1Cl. The lowest BCUT2D eigenvalue weighted by molar-refractivity contribution is 0.340. The fourth-order valence-corrected chi connectivity index (χ4v) is 1.19. The Bertz CT molecular complexity index is 291. The largest absolute Gasteiger partial charge is 0.492 e. The van der Waals surface area contributed by atoms with Gasteiger partial charge in [0.1, 0.15) is 5.75 Å². The topological polar surface area (TPSA) is 49.7 Å². The van der Waals surface area contributed by atoms with E-state index in [-0.39, 0.29) is 0 Å². The molecule has 0 aliphatic carbocycles. The van der Waals surface area contributed by atoms with E-state index in [0.717, 1.165) is 0 Å². The highest BCUT2D eigenvalue weighted by molar-refractivity contribution is 6.59. The molecular formula is C8H10BClO3. The summed E-state index contributed by atoms with van der Waals surface area (Å²) in [4.78, 5) is 0. The molecule has 70 valence electrons. The third kappa shape index (κ3) is 2.62. The molecular weight excluding hydrogens is 190 g/mol. The van der Waals surface area contributed by atoms with Crippen molar-refractivity contribution in [2.75, 3.05) is 6.61 Å². The van der Waals surface area contributed by atoms with Crippen LogP contribution in [0.5, 0.6) is 5.75 Å². The standard InChI is InChI=1S/C8H10BClO3/c1-2-13-8-4-3-6(9(11)12)5-7(8)10/h3-5,11-12H,2H2,1H3. The van der Waals surface area contributed by atoms with Gasteiger partial charge in [-0.25, -0.2) is 0 Å². The first-order valence-corrected chi connectivity index (χ1v) is 4.31. The lowest BCUT2D eigenvalue weighted by Gasteiger charge is -2.06. The zero-order chi connectivity index (χ0) is 9.84. The summed E-state index contributed by atoms with van der Waals surface area (Å²) in [5, 5.41) is 18.0. The van der Waals surface area contributed by atoms with Crippen molar-refractivity contribution < 1.29 is 14.8 Å². The van der Waals surface area contributed by atoms with E-state index in [1.54, 1.807) is 12.1 Å². The van der Waals surface area contributed by atoms with Crippen molar-refractivity contribution in [3.8, 4) is 5.75 Å². The summed E-state index contributed by atoms with van der Waals surface area (Å²) < 4.78 is 5.18. The first kappa shape index (κ1) is 10.4. The van der Waals surface area contributed by atoms with Crippen molar-refractivity contribution in [1.29, 1.82) is 0 Å². The molecule has 0 aliphatic heterocycles. The van der Waals surface area contributed by atoms with Gasteiger partial charge in [0.15, 0.2) is 0 Å².